The SMILES string of the molecule is CCOc1ccc(/C(O)=C2/C(=O)C(=O)N(CCN(CC)CC)C2c2ccc(O)cc2)c(OCC)c1. The van der Waals surface area contributed by atoms with Gasteiger partial charge in [0.2, 0.25) is 0 Å². The Morgan fingerprint density at radius 3 is 2.23 bits per heavy atom. The van der Waals surface area contributed by atoms with Gasteiger partial charge in [-0.1, -0.05) is 26.0 Å². The number of nitrogens with zero attached hydrogens (tertiary/aromatic N) is 2. The van der Waals surface area contributed by atoms with Gasteiger partial charge in [0.15, 0.2) is 0 Å². The van der Waals surface area contributed by atoms with Crippen molar-refractivity contribution in [1.29, 1.82) is 0 Å². The van der Waals surface area contributed by atoms with E-state index in [1.807, 2.05) is 27.7 Å². The van der Waals surface area contributed by atoms with Crippen LogP contribution in [0.1, 0.15) is 44.9 Å². The van der Waals surface area contributed by atoms with Crippen LogP contribution in [0.15, 0.2) is 48.0 Å². The van der Waals surface area contributed by atoms with Crippen LogP contribution in [0.2, 0.25) is 0 Å². The molecular formula is C27H34N2O6. The van der Waals surface area contributed by atoms with Crippen molar-refractivity contribution in [2.45, 2.75) is 33.7 Å². The average molecular weight is 483 g/mol. The summed E-state index contributed by atoms with van der Waals surface area (Å²) in [5.74, 6) is -0.730. The fraction of sp³-hybridized carbons (Fsp3) is 0.407. The van der Waals surface area contributed by atoms with E-state index in [9.17, 15) is 19.8 Å². The number of likely N-dealkylation sites (tertiary alicyclic amines) is 1. The van der Waals surface area contributed by atoms with Crippen molar-refractivity contribution < 1.29 is 29.3 Å². The molecule has 2 N–H and O–H groups in total. The number of benzene rings is 2. The van der Waals surface area contributed by atoms with E-state index in [0.717, 1.165) is 13.1 Å². The summed E-state index contributed by atoms with van der Waals surface area (Å²) >= 11 is 0. The van der Waals surface area contributed by atoms with E-state index in [4.69, 9.17) is 9.47 Å². The highest BCUT2D eigenvalue weighted by Gasteiger charge is 2.46. The highest BCUT2D eigenvalue weighted by atomic mass is 16.5. The van der Waals surface area contributed by atoms with Crippen LogP contribution in [0, 0.1) is 0 Å². The molecule has 0 radical (unpaired) electrons. The normalized spacial score (nSPS) is 17.3. The van der Waals surface area contributed by atoms with Crippen molar-refractivity contribution in [2.24, 2.45) is 0 Å². The summed E-state index contributed by atoms with van der Waals surface area (Å²) in [5.41, 5.74) is 0.915. The number of aromatic hydroxyl groups is 1. The van der Waals surface area contributed by atoms with Gasteiger partial charge < -0.3 is 29.5 Å². The predicted molar refractivity (Wildman–Crippen MR) is 134 cm³/mol. The topological polar surface area (TPSA) is 99.5 Å². The second-order valence-corrected chi connectivity index (χ2v) is 8.13. The molecule has 0 aliphatic carbocycles. The van der Waals surface area contributed by atoms with Crippen LogP contribution in [0.5, 0.6) is 17.2 Å². The first kappa shape index (κ1) is 26.1. The number of aliphatic hydroxyl groups excluding tert-OH is 1. The molecule has 1 fully saturated rings. The predicted octanol–water partition coefficient (Wildman–Crippen LogP) is 3.95. The van der Waals surface area contributed by atoms with Crippen molar-refractivity contribution in [3.05, 3.63) is 59.2 Å². The first-order valence-electron chi connectivity index (χ1n) is 12.1. The number of hydrogen-bond acceptors (Lipinski definition) is 7. The van der Waals surface area contributed by atoms with Crippen molar-refractivity contribution >= 4 is 17.4 Å². The van der Waals surface area contributed by atoms with Crippen LogP contribution < -0.4 is 9.47 Å². The third-order valence-corrected chi connectivity index (χ3v) is 6.12. The molecule has 0 bridgehead atoms. The van der Waals surface area contributed by atoms with Crippen LogP contribution in [-0.4, -0.2) is 71.1 Å². The molecule has 1 aliphatic heterocycles. The van der Waals surface area contributed by atoms with Gasteiger partial charge in [-0.2, -0.15) is 0 Å². The lowest BCUT2D eigenvalue weighted by Crippen LogP contribution is -2.38. The number of ketones is 1. The summed E-state index contributed by atoms with van der Waals surface area (Å²) in [6.07, 6.45) is 0. The maximum Gasteiger partial charge on any atom is 0.295 e. The van der Waals surface area contributed by atoms with E-state index in [2.05, 4.69) is 4.90 Å². The number of hydrogen-bond donors (Lipinski definition) is 2. The Morgan fingerprint density at radius 1 is 0.971 bits per heavy atom. The number of phenols is 1. The summed E-state index contributed by atoms with van der Waals surface area (Å²) in [6.45, 7) is 11.1. The second kappa shape index (κ2) is 11.8. The van der Waals surface area contributed by atoms with Gasteiger partial charge in [0.05, 0.1) is 30.4 Å². The van der Waals surface area contributed by atoms with E-state index in [1.54, 1.807) is 30.3 Å². The van der Waals surface area contributed by atoms with Gasteiger partial charge in [0.25, 0.3) is 11.7 Å². The zero-order valence-electron chi connectivity index (χ0n) is 20.8. The molecule has 1 saturated heterocycles. The molecule has 0 saturated carbocycles. The summed E-state index contributed by atoms with van der Waals surface area (Å²) in [6, 6.07) is 10.5. The van der Waals surface area contributed by atoms with Crippen LogP contribution in [0.3, 0.4) is 0 Å². The number of rotatable bonds is 11. The highest BCUT2D eigenvalue weighted by Crippen LogP contribution is 2.41. The minimum Gasteiger partial charge on any atom is -0.508 e. The fourth-order valence-electron chi connectivity index (χ4n) is 4.28. The Morgan fingerprint density at radius 2 is 1.63 bits per heavy atom. The molecule has 1 amide bonds. The van der Waals surface area contributed by atoms with Crippen LogP contribution >= 0.6 is 0 Å². The van der Waals surface area contributed by atoms with E-state index in [-0.39, 0.29) is 17.1 Å². The Kier molecular flexibility index (Phi) is 8.76. The monoisotopic (exact) mass is 482 g/mol. The molecule has 35 heavy (non-hydrogen) atoms. The van der Waals surface area contributed by atoms with Crippen LogP contribution in [0.4, 0.5) is 0 Å². The molecule has 1 aliphatic rings. The first-order valence-corrected chi connectivity index (χ1v) is 12.1. The van der Waals surface area contributed by atoms with Crippen molar-refractivity contribution in [2.75, 3.05) is 39.4 Å². The fourth-order valence-corrected chi connectivity index (χ4v) is 4.28. The van der Waals surface area contributed by atoms with Crippen molar-refractivity contribution in [1.82, 2.24) is 9.80 Å². The molecule has 1 heterocycles. The quantitative estimate of drug-likeness (QED) is 0.284. The number of phenolic OH excluding ortho intramolecular Hbond substituents is 1. The van der Waals surface area contributed by atoms with Gasteiger partial charge in [-0.3, -0.25) is 9.59 Å². The third-order valence-electron chi connectivity index (χ3n) is 6.12. The number of aliphatic hydroxyl groups is 1. The molecule has 2 aromatic carbocycles. The van der Waals surface area contributed by atoms with E-state index in [0.29, 0.717) is 48.9 Å². The lowest BCUT2D eigenvalue weighted by Gasteiger charge is -2.28. The molecule has 0 aromatic heterocycles. The Labute approximate surface area is 206 Å². The number of Topliss-reactive ketones (excluding diaryl/α,β-unsaturated/α-hetero) is 1. The number of ether oxygens (including phenoxy) is 2. The highest BCUT2D eigenvalue weighted by molar-refractivity contribution is 6.46. The summed E-state index contributed by atoms with van der Waals surface area (Å²) in [4.78, 5) is 30.1. The summed E-state index contributed by atoms with van der Waals surface area (Å²) in [5, 5.41) is 21.2. The minimum atomic E-state index is -0.799. The zero-order valence-corrected chi connectivity index (χ0v) is 20.8. The maximum absolute atomic E-state index is 13.3. The smallest absolute Gasteiger partial charge is 0.295 e. The standard InChI is InChI=1S/C27H34N2O6/c1-5-28(6-2)15-16-29-24(18-9-11-19(30)12-10-18)23(26(32)27(29)33)25(31)21-14-13-20(34-7-3)17-22(21)35-8-4/h9-14,17,24,30-31H,5-8,15-16H2,1-4H3/b25-23-. The van der Waals surface area contributed by atoms with E-state index in [1.165, 1.54) is 17.0 Å². The number of amides is 1. The van der Waals surface area contributed by atoms with Crippen molar-refractivity contribution in [3.63, 3.8) is 0 Å². The zero-order chi connectivity index (χ0) is 25.5. The van der Waals surface area contributed by atoms with Gasteiger partial charge in [-0.05, 0) is 56.8 Å². The van der Waals surface area contributed by atoms with Gasteiger partial charge in [-0.15, -0.1) is 0 Å². The van der Waals surface area contributed by atoms with Crippen LogP contribution in [0.25, 0.3) is 5.76 Å². The second-order valence-electron chi connectivity index (χ2n) is 8.13. The Balaban J connectivity index is 2.14. The Bertz CT molecular complexity index is 1080. The van der Waals surface area contributed by atoms with E-state index < -0.39 is 17.7 Å². The average Bonchev–Trinajstić information content (AvgIpc) is 3.10. The molecule has 3 rings (SSSR count). The summed E-state index contributed by atoms with van der Waals surface area (Å²) in [7, 11) is 0. The third kappa shape index (κ3) is 5.59. The summed E-state index contributed by atoms with van der Waals surface area (Å²) < 4.78 is 11.3. The number of carbonyl (C=O) groups is 2. The molecular weight excluding hydrogens is 448 g/mol. The molecule has 8 heteroatoms. The molecule has 1 atom stereocenters. The van der Waals surface area contributed by atoms with E-state index >= 15 is 0 Å². The van der Waals surface area contributed by atoms with Crippen LogP contribution in [-0.2, 0) is 9.59 Å². The lowest BCUT2D eigenvalue weighted by atomic mass is 9.95. The van der Waals surface area contributed by atoms with Gasteiger partial charge in [0, 0.05) is 19.2 Å². The molecule has 2 aromatic rings. The largest absolute Gasteiger partial charge is 0.508 e. The number of carbonyl (C=O) groups excluding carboxylic acids is 2. The number of likely N-dealkylation sites (N-methyl/N-ethyl adjacent to an activating group) is 1. The molecule has 8 nitrogen and oxygen atoms in total. The minimum absolute atomic E-state index is 0.00894. The first-order chi connectivity index (χ1) is 16.9. The maximum atomic E-state index is 13.3. The van der Waals surface area contributed by atoms with Gasteiger partial charge >= 0.3 is 0 Å². The molecule has 0 spiro atoms. The van der Waals surface area contributed by atoms with Gasteiger partial charge in [0.1, 0.15) is 23.0 Å². The Hall–Kier alpha value is -3.52. The van der Waals surface area contributed by atoms with Crippen molar-refractivity contribution in [3.8, 4) is 17.2 Å². The lowest BCUT2D eigenvalue weighted by molar-refractivity contribution is -0.140. The van der Waals surface area contributed by atoms with Gasteiger partial charge in [-0.25, -0.2) is 0 Å². The molecule has 188 valence electrons. The molecule has 1 unspecified atom stereocenters.